The zero-order valence-corrected chi connectivity index (χ0v) is 14.1. The second-order valence-corrected chi connectivity index (χ2v) is 5.34. The molecule has 0 fully saturated rings. The molecule has 0 saturated heterocycles. The standard InChI is InChI=1S/C19H16O2.H3O2P/c20-17-10-6-15(7-11-17)19(14-4-2-1-3-5-14)16-8-12-18(21)13-9-16;1-3-2/h1-13,19-21H;3H2,(H,1,2). The highest BCUT2D eigenvalue weighted by atomic mass is 31.1. The molecule has 0 aromatic heterocycles. The normalized spacial score (nSPS) is 10.6. The van der Waals surface area contributed by atoms with E-state index in [1.165, 1.54) is 5.56 Å². The van der Waals surface area contributed by atoms with E-state index in [-0.39, 0.29) is 17.4 Å². The molecular weight excluding hydrogens is 323 g/mol. The van der Waals surface area contributed by atoms with E-state index < -0.39 is 8.69 Å². The van der Waals surface area contributed by atoms with Gasteiger partial charge in [0.05, 0.1) is 0 Å². The highest BCUT2D eigenvalue weighted by Crippen LogP contribution is 2.33. The smallest absolute Gasteiger partial charge is 0.177 e. The quantitative estimate of drug-likeness (QED) is 0.498. The van der Waals surface area contributed by atoms with Crippen molar-refractivity contribution in [3.63, 3.8) is 0 Å². The van der Waals surface area contributed by atoms with E-state index in [1.807, 2.05) is 42.5 Å². The van der Waals surface area contributed by atoms with Crippen LogP contribution in [0.25, 0.3) is 0 Å². The molecular formula is C19H19O4P. The molecule has 3 rings (SSSR count). The van der Waals surface area contributed by atoms with Crippen molar-refractivity contribution < 1.29 is 19.7 Å². The average Bonchev–Trinajstić information content (AvgIpc) is 2.60. The van der Waals surface area contributed by atoms with Gasteiger partial charge in [-0.25, -0.2) is 0 Å². The summed E-state index contributed by atoms with van der Waals surface area (Å²) in [7, 11) is -1.50. The first kappa shape index (κ1) is 17.8. The van der Waals surface area contributed by atoms with Gasteiger partial charge in [0, 0.05) is 5.92 Å². The number of phenolic OH excluding ortho intramolecular Hbond substituents is 2. The molecule has 0 aliphatic rings. The molecule has 1 unspecified atom stereocenters. The van der Waals surface area contributed by atoms with E-state index in [0.29, 0.717) is 0 Å². The van der Waals surface area contributed by atoms with E-state index in [0.717, 1.165) is 11.1 Å². The third kappa shape index (κ3) is 4.72. The summed E-state index contributed by atoms with van der Waals surface area (Å²) in [6.45, 7) is 0. The lowest BCUT2D eigenvalue weighted by Gasteiger charge is -2.19. The highest BCUT2D eigenvalue weighted by Gasteiger charge is 2.16. The van der Waals surface area contributed by atoms with Gasteiger partial charge >= 0.3 is 0 Å². The van der Waals surface area contributed by atoms with E-state index in [1.54, 1.807) is 24.3 Å². The van der Waals surface area contributed by atoms with Crippen LogP contribution in [0.3, 0.4) is 0 Å². The van der Waals surface area contributed by atoms with Crippen LogP contribution in [0.5, 0.6) is 11.5 Å². The summed E-state index contributed by atoms with van der Waals surface area (Å²) in [6.07, 6.45) is 0. The third-order valence-electron chi connectivity index (χ3n) is 3.59. The number of aromatic hydroxyl groups is 2. The second-order valence-electron chi connectivity index (χ2n) is 5.13. The van der Waals surface area contributed by atoms with Crippen molar-refractivity contribution in [2.24, 2.45) is 0 Å². The van der Waals surface area contributed by atoms with Gasteiger partial charge in [-0.15, -0.1) is 0 Å². The van der Waals surface area contributed by atoms with Crippen LogP contribution in [-0.2, 0) is 4.57 Å². The minimum absolute atomic E-state index is 0.0763. The maximum Gasteiger partial charge on any atom is 0.177 e. The minimum Gasteiger partial charge on any atom is -0.508 e. The first-order valence-corrected chi connectivity index (χ1v) is 8.35. The lowest BCUT2D eigenvalue weighted by Crippen LogP contribution is -2.02. The molecule has 0 amide bonds. The molecule has 1 atom stereocenters. The molecule has 0 aliphatic heterocycles. The van der Waals surface area contributed by atoms with Crippen LogP contribution in [0, 0.1) is 0 Å². The maximum absolute atomic E-state index is 9.48. The van der Waals surface area contributed by atoms with Gasteiger partial charge in [-0.05, 0) is 41.0 Å². The summed E-state index contributed by atoms with van der Waals surface area (Å²) in [5.74, 6) is 0.597. The number of phenols is 2. The number of hydrogen-bond acceptors (Lipinski definition) is 3. The molecule has 0 spiro atoms. The van der Waals surface area contributed by atoms with Crippen LogP contribution in [0.4, 0.5) is 0 Å². The first-order chi connectivity index (χ1) is 11.7. The summed E-state index contributed by atoms with van der Waals surface area (Å²) >= 11 is 0. The fraction of sp³-hybridized carbons (Fsp3) is 0.0526. The fourth-order valence-corrected chi connectivity index (χ4v) is 2.56. The van der Waals surface area contributed by atoms with Crippen LogP contribution in [0.1, 0.15) is 22.6 Å². The molecule has 24 heavy (non-hydrogen) atoms. The Morgan fingerprint density at radius 2 is 0.958 bits per heavy atom. The van der Waals surface area contributed by atoms with Crippen LogP contribution < -0.4 is 0 Å². The van der Waals surface area contributed by atoms with Gasteiger partial charge in [0.1, 0.15) is 11.5 Å². The molecule has 0 saturated carbocycles. The van der Waals surface area contributed by atoms with Gasteiger partial charge in [0.2, 0.25) is 0 Å². The molecule has 3 aromatic carbocycles. The second kappa shape index (κ2) is 8.92. The molecule has 4 nitrogen and oxygen atoms in total. The Kier molecular flexibility index (Phi) is 6.62. The SMILES string of the molecule is O=[PH2]O.Oc1ccc(C(c2ccccc2)c2ccc(O)cc2)cc1. The molecule has 5 heteroatoms. The Hall–Kier alpha value is -2.55. The Morgan fingerprint density at radius 3 is 1.33 bits per heavy atom. The summed E-state index contributed by atoms with van der Waals surface area (Å²) < 4.78 is 8.57. The molecule has 0 radical (unpaired) electrons. The van der Waals surface area contributed by atoms with Crippen molar-refractivity contribution in [2.75, 3.05) is 0 Å². The summed E-state index contributed by atoms with van der Waals surface area (Å²) in [5.41, 5.74) is 3.38. The van der Waals surface area contributed by atoms with Crippen molar-refractivity contribution in [1.82, 2.24) is 0 Å². The van der Waals surface area contributed by atoms with Crippen molar-refractivity contribution in [2.45, 2.75) is 5.92 Å². The van der Waals surface area contributed by atoms with Crippen LogP contribution in [0.15, 0.2) is 78.9 Å². The van der Waals surface area contributed by atoms with Crippen molar-refractivity contribution in [3.05, 3.63) is 95.6 Å². The van der Waals surface area contributed by atoms with Gasteiger partial charge in [-0.3, -0.25) is 4.57 Å². The number of rotatable bonds is 3. The minimum atomic E-state index is -1.50. The van der Waals surface area contributed by atoms with Gasteiger partial charge in [-0.2, -0.15) is 0 Å². The molecule has 0 bridgehead atoms. The summed E-state index contributed by atoms with van der Waals surface area (Å²) in [5, 5.41) is 19.0. The molecule has 0 aliphatic carbocycles. The van der Waals surface area contributed by atoms with Gasteiger partial charge in [0.25, 0.3) is 0 Å². The van der Waals surface area contributed by atoms with E-state index in [2.05, 4.69) is 12.1 Å². The largest absolute Gasteiger partial charge is 0.508 e. The maximum atomic E-state index is 9.48. The highest BCUT2D eigenvalue weighted by molar-refractivity contribution is 7.16. The van der Waals surface area contributed by atoms with Crippen LogP contribution in [0.2, 0.25) is 0 Å². The van der Waals surface area contributed by atoms with Gasteiger partial charge in [0.15, 0.2) is 8.69 Å². The van der Waals surface area contributed by atoms with Crippen LogP contribution in [-0.4, -0.2) is 15.1 Å². The Labute approximate surface area is 142 Å². The Balaban J connectivity index is 0.000000647. The third-order valence-corrected chi connectivity index (χ3v) is 3.59. The van der Waals surface area contributed by atoms with Gasteiger partial charge < -0.3 is 15.1 Å². The number of hydrogen-bond donors (Lipinski definition) is 3. The van der Waals surface area contributed by atoms with Crippen molar-refractivity contribution >= 4 is 8.69 Å². The van der Waals surface area contributed by atoms with E-state index >= 15 is 0 Å². The van der Waals surface area contributed by atoms with E-state index in [4.69, 9.17) is 9.46 Å². The monoisotopic (exact) mass is 342 g/mol. The lowest BCUT2D eigenvalue weighted by atomic mass is 9.85. The van der Waals surface area contributed by atoms with Crippen molar-refractivity contribution in [1.29, 1.82) is 0 Å². The Morgan fingerprint density at radius 1 is 0.625 bits per heavy atom. The van der Waals surface area contributed by atoms with Gasteiger partial charge in [-0.1, -0.05) is 54.6 Å². The molecule has 0 heterocycles. The zero-order chi connectivity index (χ0) is 17.4. The predicted octanol–water partition coefficient (Wildman–Crippen LogP) is 3.93. The van der Waals surface area contributed by atoms with Crippen molar-refractivity contribution in [3.8, 4) is 11.5 Å². The fourth-order valence-electron chi connectivity index (χ4n) is 2.56. The molecule has 3 N–H and O–H groups in total. The average molecular weight is 342 g/mol. The Bertz CT molecular complexity index is 710. The summed E-state index contributed by atoms with van der Waals surface area (Å²) in [6, 6.07) is 24.7. The predicted molar refractivity (Wildman–Crippen MR) is 96.2 cm³/mol. The number of benzene rings is 3. The van der Waals surface area contributed by atoms with E-state index in [9.17, 15) is 10.2 Å². The topological polar surface area (TPSA) is 77.8 Å². The van der Waals surface area contributed by atoms with Crippen LogP contribution >= 0.6 is 8.69 Å². The lowest BCUT2D eigenvalue weighted by molar-refractivity contribution is 0.475. The molecule has 124 valence electrons. The zero-order valence-electron chi connectivity index (χ0n) is 12.9. The molecule has 3 aromatic rings. The summed E-state index contributed by atoms with van der Waals surface area (Å²) in [4.78, 5) is 7.10. The first-order valence-electron chi connectivity index (χ1n) is 7.36.